The van der Waals surface area contributed by atoms with E-state index in [-0.39, 0.29) is 17.6 Å². The summed E-state index contributed by atoms with van der Waals surface area (Å²) in [5.74, 6) is 0.147. The van der Waals surface area contributed by atoms with E-state index >= 15 is 0 Å². The van der Waals surface area contributed by atoms with Crippen LogP contribution in [0, 0.1) is 18.6 Å². The van der Waals surface area contributed by atoms with Crippen LogP contribution in [0.4, 0.5) is 8.78 Å². The van der Waals surface area contributed by atoms with Crippen LogP contribution in [-0.4, -0.2) is 13.1 Å². The standard InChI is InChI=1S/C18H19F2N/c1-12-9-14(5-6-18(12)20)16-7-8-21-11-17(16)13-3-2-4-15(19)10-13/h2-6,9-10,16-17,21H,7-8,11H2,1H3. The largest absolute Gasteiger partial charge is 0.316 e. The molecule has 1 heterocycles. The smallest absolute Gasteiger partial charge is 0.126 e. The second-order valence-electron chi connectivity index (χ2n) is 5.77. The quantitative estimate of drug-likeness (QED) is 0.875. The highest BCUT2D eigenvalue weighted by atomic mass is 19.1. The minimum atomic E-state index is -0.202. The first-order valence-electron chi connectivity index (χ1n) is 7.37. The molecule has 0 aliphatic carbocycles. The molecule has 1 fully saturated rings. The maximum Gasteiger partial charge on any atom is 0.126 e. The van der Waals surface area contributed by atoms with Crippen LogP contribution in [-0.2, 0) is 0 Å². The number of aryl methyl sites for hydroxylation is 1. The second-order valence-corrected chi connectivity index (χ2v) is 5.77. The number of benzene rings is 2. The molecule has 0 amide bonds. The maximum atomic E-state index is 13.5. The molecule has 2 unspecified atom stereocenters. The van der Waals surface area contributed by atoms with Crippen LogP contribution in [0.1, 0.15) is 34.9 Å². The average Bonchev–Trinajstić information content (AvgIpc) is 2.50. The van der Waals surface area contributed by atoms with Gasteiger partial charge in [0.25, 0.3) is 0 Å². The van der Waals surface area contributed by atoms with Crippen LogP contribution in [0.5, 0.6) is 0 Å². The van der Waals surface area contributed by atoms with Crippen molar-refractivity contribution in [3.05, 3.63) is 70.8 Å². The summed E-state index contributed by atoms with van der Waals surface area (Å²) in [5, 5.41) is 3.38. The molecule has 0 radical (unpaired) electrons. The van der Waals surface area contributed by atoms with E-state index in [0.29, 0.717) is 11.5 Å². The Morgan fingerprint density at radius 3 is 2.57 bits per heavy atom. The minimum absolute atomic E-state index is 0.171. The molecule has 0 saturated carbocycles. The van der Waals surface area contributed by atoms with Crippen LogP contribution in [0.3, 0.4) is 0 Å². The predicted molar refractivity (Wildman–Crippen MR) is 80.5 cm³/mol. The first-order valence-corrected chi connectivity index (χ1v) is 7.37. The van der Waals surface area contributed by atoms with Gasteiger partial charge in [-0.2, -0.15) is 0 Å². The lowest BCUT2D eigenvalue weighted by Gasteiger charge is -2.33. The molecule has 2 atom stereocenters. The molecule has 1 saturated heterocycles. The molecule has 1 aliphatic heterocycles. The Labute approximate surface area is 124 Å². The molecule has 2 aromatic rings. The van der Waals surface area contributed by atoms with E-state index in [1.807, 2.05) is 18.2 Å². The van der Waals surface area contributed by atoms with Gasteiger partial charge in [0.2, 0.25) is 0 Å². The van der Waals surface area contributed by atoms with Crippen molar-refractivity contribution < 1.29 is 8.78 Å². The van der Waals surface area contributed by atoms with E-state index in [0.717, 1.165) is 30.6 Å². The van der Waals surface area contributed by atoms with Gasteiger partial charge in [-0.1, -0.05) is 24.3 Å². The molecular formula is C18H19F2N. The molecular weight excluding hydrogens is 268 g/mol. The molecule has 3 heteroatoms. The van der Waals surface area contributed by atoms with Crippen LogP contribution in [0.25, 0.3) is 0 Å². The van der Waals surface area contributed by atoms with E-state index in [1.54, 1.807) is 19.1 Å². The van der Waals surface area contributed by atoms with Gasteiger partial charge in [0.15, 0.2) is 0 Å². The van der Waals surface area contributed by atoms with E-state index in [1.165, 1.54) is 12.1 Å². The zero-order valence-corrected chi connectivity index (χ0v) is 12.1. The fourth-order valence-corrected chi connectivity index (χ4v) is 3.24. The molecule has 0 bridgehead atoms. The van der Waals surface area contributed by atoms with Gasteiger partial charge >= 0.3 is 0 Å². The SMILES string of the molecule is Cc1cc(C2CCNCC2c2cccc(F)c2)ccc1F. The fraction of sp³-hybridized carbons (Fsp3) is 0.333. The summed E-state index contributed by atoms with van der Waals surface area (Å²) in [5.41, 5.74) is 2.82. The van der Waals surface area contributed by atoms with E-state index in [4.69, 9.17) is 0 Å². The van der Waals surface area contributed by atoms with E-state index in [9.17, 15) is 8.78 Å². The van der Waals surface area contributed by atoms with Gasteiger partial charge in [-0.15, -0.1) is 0 Å². The fourth-order valence-electron chi connectivity index (χ4n) is 3.24. The Kier molecular flexibility index (Phi) is 4.02. The second kappa shape index (κ2) is 5.94. The van der Waals surface area contributed by atoms with Gasteiger partial charge < -0.3 is 5.32 Å². The number of hydrogen-bond donors (Lipinski definition) is 1. The van der Waals surface area contributed by atoms with Crippen molar-refractivity contribution in [3.63, 3.8) is 0 Å². The molecule has 0 aromatic heterocycles. The van der Waals surface area contributed by atoms with Gasteiger partial charge in [0.05, 0.1) is 0 Å². The molecule has 21 heavy (non-hydrogen) atoms. The molecule has 3 rings (SSSR count). The summed E-state index contributed by atoms with van der Waals surface area (Å²) < 4.78 is 27.0. The summed E-state index contributed by atoms with van der Waals surface area (Å²) in [7, 11) is 0. The Hall–Kier alpha value is -1.74. The van der Waals surface area contributed by atoms with Crippen LogP contribution >= 0.6 is 0 Å². The van der Waals surface area contributed by atoms with Crippen molar-refractivity contribution in [3.8, 4) is 0 Å². The zero-order valence-electron chi connectivity index (χ0n) is 12.1. The average molecular weight is 287 g/mol. The first kappa shape index (κ1) is 14.2. The maximum absolute atomic E-state index is 13.5. The topological polar surface area (TPSA) is 12.0 Å². The zero-order chi connectivity index (χ0) is 14.8. The van der Waals surface area contributed by atoms with Crippen molar-refractivity contribution >= 4 is 0 Å². The molecule has 2 aromatic carbocycles. The molecule has 1 aliphatic rings. The normalized spacial score (nSPS) is 22.2. The van der Waals surface area contributed by atoms with Crippen LogP contribution in [0.2, 0.25) is 0 Å². The molecule has 110 valence electrons. The summed E-state index contributed by atoms with van der Waals surface area (Å²) in [6.45, 7) is 3.55. The van der Waals surface area contributed by atoms with E-state index in [2.05, 4.69) is 5.32 Å². The highest BCUT2D eigenvalue weighted by Gasteiger charge is 2.28. The number of nitrogens with one attached hydrogen (secondary N) is 1. The van der Waals surface area contributed by atoms with Crippen molar-refractivity contribution in [2.45, 2.75) is 25.2 Å². The summed E-state index contributed by atoms with van der Waals surface area (Å²) in [6.07, 6.45) is 0.978. The lowest BCUT2D eigenvalue weighted by Crippen LogP contribution is -2.34. The van der Waals surface area contributed by atoms with Crippen LogP contribution < -0.4 is 5.32 Å². The molecule has 0 spiro atoms. The number of piperidine rings is 1. The first-order chi connectivity index (χ1) is 10.1. The lowest BCUT2D eigenvalue weighted by molar-refractivity contribution is 0.402. The predicted octanol–water partition coefficient (Wildman–Crippen LogP) is 4.13. The van der Waals surface area contributed by atoms with Gasteiger partial charge in [0.1, 0.15) is 11.6 Å². The van der Waals surface area contributed by atoms with Gasteiger partial charge in [-0.05, 0) is 60.7 Å². The molecule has 1 N–H and O–H groups in total. The van der Waals surface area contributed by atoms with Gasteiger partial charge in [-0.3, -0.25) is 0 Å². The third-order valence-corrected chi connectivity index (χ3v) is 4.37. The number of hydrogen-bond acceptors (Lipinski definition) is 1. The third kappa shape index (κ3) is 2.98. The Bertz CT molecular complexity index is 639. The minimum Gasteiger partial charge on any atom is -0.316 e. The molecule has 1 nitrogen and oxygen atoms in total. The monoisotopic (exact) mass is 287 g/mol. The Balaban J connectivity index is 1.96. The van der Waals surface area contributed by atoms with E-state index < -0.39 is 0 Å². The van der Waals surface area contributed by atoms with Crippen LogP contribution in [0.15, 0.2) is 42.5 Å². The lowest BCUT2D eigenvalue weighted by atomic mass is 9.77. The summed E-state index contributed by atoms with van der Waals surface area (Å²) in [4.78, 5) is 0. The number of halogens is 2. The Morgan fingerprint density at radius 2 is 1.81 bits per heavy atom. The summed E-state index contributed by atoms with van der Waals surface area (Å²) in [6, 6.07) is 12.1. The third-order valence-electron chi connectivity index (χ3n) is 4.37. The summed E-state index contributed by atoms with van der Waals surface area (Å²) >= 11 is 0. The number of rotatable bonds is 2. The van der Waals surface area contributed by atoms with Crippen molar-refractivity contribution in [1.29, 1.82) is 0 Å². The van der Waals surface area contributed by atoms with Gasteiger partial charge in [0, 0.05) is 12.5 Å². The highest BCUT2D eigenvalue weighted by molar-refractivity contribution is 5.33. The van der Waals surface area contributed by atoms with Gasteiger partial charge in [-0.25, -0.2) is 8.78 Å². The van der Waals surface area contributed by atoms with Crippen molar-refractivity contribution in [2.75, 3.05) is 13.1 Å². The highest BCUT2D eigenvalue weighted by Crippen LogP contribution is 2.37. The van der Waals surface area contributed by atoms with Crippen molar-refractivity contribution in [2.24, 2.45) is 0 Å². The Morgan fingerprint density at radius 1 is 1.00 bits per heavy atom. The van der Waals surface area contributed by atoms with Crippen molar-refractivity contribution in [1.82, 2.24) is 5.32 Å².